The summed E-state index contributed by atoms with van der Waals surface area (Å²) in [5, 5.41) is 8.07. The average Bonchev–Trinajstić information content (AvgIpc) is 2.37. The second kappa shape index (κ2) is 6.37. The van der Waals surface area contributed by atoms with E-state index >= 15 is 0 Å². The van der Waals surface area contributed by atoms with Gasteiger partial charge in [-0.15, -0.1) is 0 Å². The number of benzene rings is 1. The van der Waals surface area contributed by atoms with Gasteiger partial charge in [-0.1, -0.05) is 27.7 Å². The summed E-state index contributed by atoms with van der Waals surface area (Å²) in [4.78, 5) is 12.0. The van der Waals surface area contributed by atoms with E-state index in [0.717, 1.165) is 11.1 Å². The van der Waals surface area contributed by atoms with E-state index in [1.807, 2.05) is 27.7 Å². The van der Waals surface area contributed by atoms with Crippen LogP contribution >= 0.6 is 0 Å². The number of nitrogens with one attached hydrogen (secondary N) is 1. The monoisotopic (exact) mass is 298 g/mol. The third kappa shape index (κ3) is 3.80. The van der Waals surface area contributed by atoms with Crippen LogP contribution in [0, 0.1) is 5.92 Å². The Kier molecular flexibility index (Phi) is 5.30. The fraction of sp³-hybridized carbons (Fsp3) is 0.500. The zero-order valence-corrected chi connectivity index (χ0v) is 13.2. The maximum absolute atomic E-state index is 11.9. The van der Waals surface area contributed by atoms with Gasteiger partial charge in [0.25, 0.3) is 0 Å². The van der Waals surface area contributed by atoms with Crippen LogP contribution in [-0.2, 0) is 27.7 Å². The molecule has 1 amide bonds. The largest absolute Gasteiger partial charge is 0.325 e. The molecule has 0 radical (unpaired) electrons. The number of rotatable bonds is 5. The van der Waals surface area contributed by atoms with E-state index in [0.29, 0.717) is 18.5 Å². The summed E-state index contributed by atoms with van der Waals surface area (Å²) in [5.41, 5.74) is 2.27. The van der Waals surface area contributed by atoms with Gasteiger partial charge in [0.2, 0.25) is 15.9 Å². The van der Waals surface area contributed by atoms with Crippen LogP contribution in [0.2, 0.25) is 0 Å². The highest BCUT2D eigenvalue weighted by Gasteiger charge is 2.17. The number of hydrogen-bond acceptors (Lipinski definition) is 3. The third-order valence-corrected chi connectivity index (χ3v) is 4.03. The van der Waals surface area contributed by atoms with Gasteiger partial charge in [-0.05, 0) is 36.1 Å². The number of anilines is 1. The lowest BCUT2D eigenvalue weighted by Crippen LogP contribution is -2.21. The second-order valence-electron chi connectivity index (χ2n) is 5.01. The zero-order valence-electron chi connectivity index (χ0n) is 12.4. The molecule has 112 valence electrons. The number of primary sulfonamides is 1. The standard InChI is InChI=1S/C14H22N2O3S/c1-5-10-7-12(20(15,18)19)8-11(6-2)13(10)16-14(17)9(3)4/h7-9H,5-6H2,1-4H3,(H,16,17)(H2,15,18,19). The smallest absolute Gasteiger partial charge is 0.238 e. The SMILES string of the molecule is CCc1cc(S(N)(=O)=O)cc(CC)c1NC(=O)C(C)C. The first-order chi connectivity index (χ1) is 9.20. The molecule has 0 fully saturated rings. The highest BCUT2D eigenvalue weighted by Crippen LogP contribution is 2.27. The first-order valence-corrected chi connectivity index (χ1v) is 8.24. The molecule has 5 nitrogen and oxygen atoms in total. The van der Waals surface area contributed by atoms with Gasteiger partial charge in [0, 0.05) is 11.6 Å². The third-order valence-electron chi connectivity index (χ3n) is 3.14. The Balaban J connectivity index is 3.40. The molecule has 3 N–H and O–H groups in total. The van der Waals surface area contributed by atoms with E-state index in [1.165, 1.54) is 12.1 Å². The van der Waals surface area contributed by atoms with Gasteiger partial charge in [0.05, 0.1) is 4.90 Å². The predicted molar refractivity (Wildman–Crippen MR) is 80.0 cm³/mol. The highest BCUT2D eigenvalue weighted by atomic mass is 32.2. The van der Waals surface area contributed by atoms with Gasteiger partial charge >= 0.3 is 0 Å². The van der Waals surface area contributed by atoms with E-state index in [4.69, 9.17) is 5.14 Å². The Labute approximate surface area is 120 Å². The lowest BCUT2D eigenvalue weighted by molar-refractivity contribution is -0.118. The molecule has 6 heteroatoms. The van der Waals surface area contributed by atoms with Crippen LogP contribution in [0.15, 0.2) is 17.0 Å². The van der Waals surface area contributed by atoms with Crippen LogP contribution < -0.4 is 10.5 Å². The van der Waals surface area contributed by atoms with E-state index in [1.54, 1.807) is 0 Å². The Morgan fingerprint density at radius 2 is 1.65 bits per heavy atom. The van der Waals surface area contributed by atoms with Gasteiger partial charge < -0.3 is 5.32 Å². The fourth-order valence-corrected chi connectivity index (χ4v) is 2.50. The van der Waals surface area contributed by atoms with Crippen LogP contribution in [0.3, 0.4) is 0 Å². The number of nitrogens with two attached hydrogens (primary N) is 1. The summed E-state index contributed by atoms with van der Waals surface area (Å²) in [6, 6.07) is 3.06. The summed E-state index contributed by atoms with van der Waals surface area (Å²) in [7, 11) is -3.74. The number of aryl methyl sites for hydroxylation is 2. The van der Waals surface area contributed by atoms with Crippen molar-refractivity contribution in [2.75, 3.05) is 5.32 Å². The van der Waals surface area contributed by atoms with Crippen LogP contribution in [0.5, 0.6) is 0 Å². The number of sulfonamides is 1. The minimum atomic E-state index is -3.74. The summed E-state index contributed by atoms with van der Waals surface area (Å²) in [6.45, 7) is 7.44. The summed E-state index contributed by atoms with van der Waals surface area (Å²) in [6.07, 6.45) is 1.23. The van der Waals surface area contributed by atoms with Crippen molar-refractivity contribution in [3.05, 3.63) is 23.3 Å². The lowest BCUT2D eigenvalue weighted by Gasteiger charge is -2.17. The van der Waals surface area contributed by atoms with E-state index < -0.39 is 10.0 Å². The Hall–Kier alpha value is -1.40. The normalized spacial score (nSPS) is 11.7. The maximum Gasteiger partial charge on any atom is 0.238 e. The number of amides is 1. The maximum atomic E-state index is 11.9. The predicted octanol–water partition coefficient (Wildman–Crippen LogP) is 2.05. The molecule has 0 saturated heterocycles. The molecule has 1 rings (SSSR count). The minimum absolute atomic E-state index is 0.0854. The van der Waals surface area contributed by atoms with Crippen molar-refractivity contribution in [1.82, 2.24) is 0 Å². The number of hydrogen-bond donors (Lipinski definition) is 2. The molecule has 0 aromatic heterocycles. The minimum Gasteiger partial charge on any atom is -0.325 e. The first kappa shape index (κ1) is 16.7. The molecule has 0 unspecified atom stereocenters. The Morgan fingerprint density at radius 1 is 1.20 bits per heavy atom. The fourth-order valence-electron chi connectivity index (χ4n) is 1.89. The molecule has 0 spiro atoms. The molecular weight excluding hydrogens is 276 g/mol. The molecule has 1 aromatic rings. The number of carbonyl (C=O) groups excluding carboxylic acids is 1. The van der Waals surface area contributed by atoms with E-state index in [-0.39, 0.29) is 16.7 Å². The lowest BCUT2D eigenvalue weighted by atomic mass is 10.0. The molecule has 1 aromatic carbocycles. The molecule has 0 aliphatic heterocycles. The molecule has 20 heavy (non-hydrogen) atoms. The van der Waals surface area contributed by atoms with Gasteiger partial charge in [-0.3, -0.25) is 4.79 Å². The molecule has 0 saturated carbocycles. The van der Waals surface area contributed by atoms with Gasteiger partial charge in [0.1, 0.15) is 0 Å². The molecule has 0 bridgehead atoms. The van der Waals surface area contributed by atoms with Crippen LogP contribution in [0.25, 0.3) is 0 Å². The first-order valence-electron chi connectivity index (χ1n) is 6.70. The van der Waals surface area contributed by atoms with Crippen molar-refractivity contribution in [3.63, 3.8) is 0 Å². The molecular formula is C14H22N2O3S. The average molecular weight is 298 g/mol. The molecule has 0 heterocycles. The van der Waals surface area contributed by atoms with Crippen LogP contribution in [0.4, 0.5) is 5.69 Å². The number of carbonyl (C=O) groups is 1. The van der Waals surface area contributed by atoms with Crippen molar-refractivity contribution < 1.29 is 13.2 Å². The van der Waals surface area contributed by atoms with Crippen molar-refractivity contribution in [2.45, 2.75) is 45.4 Å². The van der Waals surface area contributed by atoms with E-state index in [2.05, 4.69) is 5.32 Å². The van der Waals surface area contributed by atoms with Gasteiger partial charge in [-0.25, -0.2) is 13.6 Å². The Bertz CT molecular complexity index is 582. The molecule has 0 atom stereocenters. The molecule has 0 aliphatic rings. The van der Waals surface area contributed by atoms with Crippen LogP contribution in [-0.4, -0.2) is 14.3 Å². The van der Waals surface area contributed by atoms with Gasteiger partial charge in [0.15, 0.2) is 0 Å². The summed E-state index contributed by atoms with van der Waals surface area (Å²) < 4.78 is 23.0. The van der Waals surface area contributed by atoms with Crippen molar-refractivity contribution in [1.29, 1.82) is 0 Å². The quantitative estimate of drug-likeness (QED) is 0.872. The second-order valence-corrected chi connectivity index (χ2v) is 6.57. The molecule has 0 aliphatic carbocycles. The van der Waals surface area contributed by atoms with Crippen molar-refractivity contribution >= 4 is 21.6 Å². The summed E-state index contributed by atoms with van der Waals surface area (Å²) in [5.74, 6) is -0.222. The van der Waals surface area contributed by atoms with Crippen molar-refractivity contribution in [3.8, 4) is 0 Å². The zero-order chi connectivity index (χ0) is 15.5. The van der Waals surface area contributed by atoms with E-state index in [9.17, 15) is 13.2 Å². The topological polar surface area (TPSA) is 89.3 Å². The van der Waals surface area contributed by atoms with Crippen LogP contribution in [0.1, 0.15) is 38.8 Å². The van der Waals surface area contributed by atoms with Crippen molar-refractivity contribution in [2.24, 2.45) is 11.1 Å². The van der Waals surface area contributed by atoms with Gasteiger partial charge in [-0.2, -0.15) is 0 Å². The Morgan fingerprint density at radius 3 is 1.95 bits per heavy atom. The highest BCUT2D eigenvalue weighted by molar-refractivity contribution is 7.89. The summed E-state index contributed by atoms with van der Waals surface area (Å²) >= 11 is 0.